The van der Waals surface area contributed by atoms with E-state index in [-0.39, 0.29) is 29.2 Å². The number of ether oxygens (including phenoxy) is 1. The summed E-state index contributed by atoms with van der Waals surface area (Å²) >= 11 is 3.73. The Balaban J connectivity index is 1.42. The number of likely N-dealkylation sites (tertiary alicyclic amines) is 1. The smallest absolute Gasteiger partial charge is 0.250 e. The number of carbonyl (C=O) groups excluding carboxylic acids is 3. The third-order valence-corrected chi connectivity index (χ3v) is 9.80. The van der Waals surface area contributed by atoms with Gasteiger partial charge in [-0.05, 0) is 69.5 Å². The molecule has 0 aliphatic carbocycles. The lowest BCUT2D eigenvalue weighted by molar-refractivity contribution is -0.139. The van der Waals surface area contributed by atoms with Crippen LogP contribution in [0, 0.1) is 11.8 Å². The molecule has 6 atom stereocenters. The molecule has 3 heterocycles. The maximum Gasteiger partial charge on any atom is 0.250 e. The summed E-state index contributed by atoms with van der Waals surface area (Å²) in [7, 11) is 0. The molecule has 226 valence electrons. The Morgan fingerprint density at radius 1 is 0.976 bits per heavy atom. The molecular formula is C32H41BrN4O5. The third kappa shape index (κ3) is 5.68. The summed E-state index contributed by atoms with van der Waals surface area (Å²) in [5.41, 5.74) is 1.26. The first kappa shape index (κ1) is 30.5. The fourth-order valence-corrected chi connectivity index (χ4v) is 7.96. The Bertz CT molecular complexity index is 1260. The number of fused-ring (bicyclic) bond motifs is 1. The summed E-state index contributed by atoms with van der Waals surface area (Å²) < 4.78 is 6.59. The number of carbonyl (C=O) groups is 3. The molecule has 3 amide bonds. The van der Waals surface area contributed by atoms with Gasteiger partial charge in [0.1, 0.15) is 11.6 Å². The number of para-hydroxylation sites is 1. The van der Waals surface area contributed by atoms with Crippen molar-refractivity contribution in [3.8, 4) is 0 Å². The molecule has 5 rings (SSSR count). The van der Waals surface area contributed by atoms with Crippen LogP contribution in [0.2, 0.25) is 0 Å². The van der Waals surface area contributed by atoms with Crippen LogP contribution in [0.15, 0.2) is 54.6 Å². The number of hydrogen-bond donors (Lipinski definition) is 3. The van der Waals surface area contributed by atoms with Crippen LogP contribution in [0.25, 0.3) is 0 Å². The van der Waals surface area contributed by atoms with Crippen molar-refractivity contribution in [2.24, 2.45) is 11.8 Å². The van der Waals surface area contributed by atoms with Crippen LogP contribution in [0.1, 0.15) is 46.0 Å². The van der Waals surface area contributed by atoms with Gasteiger partial charge in [0.2, 0.25) is 17.7 Å². The molecule has 2 bridgehead atoms. The van der Waals surface area contributed by atoms with Crippen molar-refractivity contribution in [1.82, 2.24) is 4.90 Å². The van der Waals surface area contributed by atoms with E-state index in [1.54, 1.807) is 4.90 Å². The number of benzene rings is 2. The molecule has 2 aromatic carbocycles. The van der Waals surface area contributed by atoms with Crippen molar-refractivity contribution >= 4 is 50.7 Å². The summed E-state index contributed by atoms with van der Waals surface area (Å²) in [6.07, 6.45) is 3.00. The lowest BCUT2D eigenvalue weighted by atomic mass is 9.70. The Morgan fingerprint density at radius 3 is 2.29 bits per heavy atom. The first-order valence-corrected chi connectivity index (χ1v) is 16.0. The summed E-state index contributed by atoms with van der Waals surface area (Å²) in [5, 5.41) is 15.2. The van der Waals surface area contributed by atoms with Gasteiger partial charge in [0, 0.05) is 48.1 Å². The molecular weight excluding hydrogens is 600 g/mol. The third-order valence-electron chi connectivity index (χ3n) is 8.95. The summed E-state index contributed by atoms with van der Waals surface area (Å²) in [6.45, 7) is 6.49. The molecule has 3 saturated heterocycles. The number of nitrogens with one attached hydrogen (secondary N) is 2. The molecule has 3 unspecified atom stereocenters. The Labute approximate surface area is 256 Å². The second-order valence-electron chi connectivity index (χ2n) is 11.4. The highest BCUT2D eigenvalue weighted by atomic mass is 79.9. The van der Waals surface area contributed by atoms with Gasteiger partial charge in [-0.2, -0.15) is 0 Å². The molecule has 10 heteroatoms. The highest BCUT2D eigenvalue weighted by Crippen LogP contribution is 2.60. The second kappa shape index (κ2) is 13.1. The highest BCUT2D eigenvalue weighted by molar-refractivity contribution is 9.09. The minimum atomic E-state index is -1.11. The topological polar surface area (TPSA) is 111 Å². The summed E-state index contributed by atoms with van der Waals surface area (Å²) in [4.78, 5) is 45.6. The minimum Gasteiger partial charge on any atom is -0.396 e. The molecule has 42 heavy (non-hydrogen) atoms. The number of aliphatic hydroxyl groups is 1. The number of aliphatic hydroxyl groups excluding tert-OH is 1. The van der Waals surface area contributed by atoms with Gasteiger partial charge in [0.25, 0.3) is 0 Å². The predicted octanol–water partition coefficient (Wildman–Crippen LogP) is 4.41. The van der Waals surface area contributed by atoms with E-state index < -0.39 is 29.6 Å². The molecule has 0 aromatic heterocycles. The van der Waals surface area contributed by atoms with E-state index in [0.717, 1.165) is 31.6 Å². The average molecular weight is 642 g/mol. The van der Waals surface area contributed by atoms with E-state index in [1.165, 1.54) is 0 Å². The number of halogens is 1. The normalized spacial score (nSPS) is 27.7. The first-order chi connectivity index (χ1) is 20.3. The average Bonchev–Trinajstić information content (AvgIpc) is 3.58. The number of rotatable bonds is 13. The van der Waals surface area contributed by atoms with E-state index >= 15 is 0 Å². The zero-order valence-corrected chi connectivity index (χ0v) is 25.9. The van der Waals surface area contributed by atoms with E-state index in [9.17, 15) is 14.4 Å². The second-order valence-corrected chi connectivity index (χ2v) is 12.6. The first-order valence-electron chi connectivity index (χ1n) is 15.1. The van der Waals surface area contributed by atoms with Gasteiger partial charge < -0.3 is 30.3 Å². The van der Waals surface area contributed by atoms with Crippen LogP contribution in [-0.2, 0) is 19.1 Å². The van der Waals surface area contributed by atoms with Crippen LogP contribution in [-0.4, -0.2) is 76.5 Å². The van der Waals surface area contributed by atoms with Gasteiger partial charge in [-0.25, -0.2) is 0 Å². The summed E-state index contributed by atoms with van der Waals surface area (Å²) in [6, 6.07) is 16.0. The maximum absolute atomic E-state index is 14.1. The maximum atomic E-state index is 14.1. The van der Waals surface area contributed by atoms with Crippen molar-refractivity contribution in [2.45, 2.75) is 68.5 Å². The van der Waals surface area contributed by atoms with Crippen LogP contribution >= 0.6 is 15.9 Å². The molecule has 3 aliphatic heterocycles. The van der Waals surface area contributed by atoms with E-state index in [1.807, 2.05) is 54.6 Å². The summed E-state index contributed by atoms with van der Waals surface area (Å²) in [5.74, 6) is -2.26. The Morgan fingerprint density at radius 2 is 1.62 bits per heavy atom. The lowest BCUT2D eigenvalue weighted by Crippen LogP contribution is -2.54. The van der Waals surface area contributed by atoms with Gasteiger partial charge in [0.05, 0.1) is 17.9 Å². The van der Waals surface area contributed by atoms with Gasteiger partial charge in [0.15, 0.2) is 0 Å². The van der Waals surface area contributed by atoms with E-state index in [0.29, 0.717) is 37.2 Å². The molecule has 2 aromatic rings. The van der Waals surface area contributed by atoms with E-state index in [4.69, 9.17) is 9.84 Å². The van der Waals surface area contributed by atoms with Crippen molar-refractivity contribution in [3.63, 3.8) is 0 Å². The predicted molar refractivity (Wildman–Crippen MR) is 167 cm³/mol. The van der Waals surface area contributed by atoms with Crippen molar-refractivity contribution in [3.05, 3.63) is 54.6 Å². The zero-order chi connectivity index (χ0) is 29.9. The highest BCUT2D eigenvalue weighted by Gasteiger charge is 2.76. The molecule has 3 aliphatic rings. The number of nitrogens with zero attached hydrogens (tertiary/aromatic N) is 2. The number of anilines is 3. The Kier molecular flexibility index (Phi) is 9.54. The quantitative estimate of drug-likeness (QED) is 0.221. The SMILES string of the molecule is CCN(CC)c1ccc(NC(=O)C2N(CCCCCCO)C(=O)[C@@H]3[C@H](C(=O)Nc4ccccc4)[C@H]4OC23CC4Br)cc1. The number of hydrogen-bond acceptors (Lipinski definition) is 6. The van der Waals surface area contributed by atoms with Crippen LogP contribution in [0.5, 0.6) is 0 Å². The molecule has 3 N–H and O–H groups in total. The molecule has 3 fully saturated rings. The number of alkyl halides is 1. The van der Waals surface area contributed by atoms with Crippen molar-refractivity contribution in [1.29, 1.82) is 0 Å². The van der Waals surface area contributed by atoms with Gasteiger partial charge in [-0.3, -0.25) is 14.4 Å². The van der Waals surface area contributed by atoms with Gasteiger partial charge in [-0.15, -0.1) is 0 Å². The number of unbranched alkanes of at least 4 members (excludes halogenated alkanes) is 3. The minimum absolute atomic E-state index is 0.131. The van der Waals surface area contributed by atoms with E-state index in [2.05, 4.69) is 45.3 Å². The van der Waals surface area contributed by atoms with Gasteiger partial charge >= 0.3 is 0 Å². The molecule has 9 nitrogen and oxygen atoms in total. The van der Waals surface area contributed by atoms with Crippen molar-refractivity contribution < 1.29 is 24.2 Å². The molecule has 1 spiro atoms. The lowest BCUT2D eigenvalue weighted by Gasteiger charge is -2.34. The standard InChI is InChI=1S/C32H41BrN4O5/c1-3-36(4-2)23-16-14-22(15-17-23)35-30(40)28-32-20-24(33)27(42-32)25(29(39)34-21-12-8-7-9-13-21)26(32)31(41)37(28)18-10-5-6-11-19-38/h7-9,12-17,24-28,38H,3-6,10-11,18-20H2,1-2H3,(H,34,39)(H,35,40)/t24?,25-,26-,27-,28?,32?/m0/s1. The Hall–Kier alpha value is -2.95. The van der Waals surface area contributed by atoms with Crippen LogP contribution < -0.4 is 15.5 Å². The van der Waals surface area contributed by atoms with Crippen LogP contribution in [0.4, 0.5) is 17.1 Å². The van der Waals surface area contributed by atoms with Crippen LogP contribution in [0.3, 0.4) is 0 Å². The van der Waals surface area contributed by atoms with Gasteiger partial charge in [-0.1, -0.05) is 47.0 Å². The fourth-order valence-electron chi connectivity index (χ4n) is 7.02. The molecule has 0 saturated carbocycles. The fraction of sp³-hybridized carbons (Fsp3) is 0.531. The van der Waals surface area contributed by atoms with Crippen molar-refractivity contribution in [2.75, 3.05) is 41.8 Å². The molecule has 0 radical (unpaired) electrons. The number of amides is 3. The monoisotopic (exact) mass is 640 g/mol. The zero-order valence-electron chi connectivity index (χ0n) is 24.3. The largest absolute Gasteiger partial charge is 0.396 e.